The molecule has 1 aliphatic rings. The number of esters is 1. The van der Waals surface area contributed by atoms with Gasteiger partial charge in [-0.15, -0.1) is 0 Å². The van der Waals surface area contributed by atoms with Gasteiger partial charge < -0.3 is 9.47 Å². The Balaban J connectivity index is 1.68. The third-order valence-electron chi connectivity index (χ3n) is 4.11. The highest BCUT2D eigenvalue weighted by Crippen LogP contribution is 2.31. The van der Waals surface area contributed by atoms with Gasteiger partial charge in [-0.25, -0.2) is 0 Å². The van der Waals surface area contributed by atoms with Gasteiger partial charge in [-0.2, -0.15) is 0 Å². The van der Waals surface area contributed by atoms with Gasteiger partial charge >= 0.3 is 5.97 Å². The molecule has 0 N–H and O–H groups in total. The van der Waals surface area contributed by atoms with Gasteiger partial charge in [0, 0.05) is 17.2 Å². The van der Waals surface area contributed by atoms with E-state index in [4.69, 9.17) is 21.1 Å². The van der Waals surface area contributed by atoms with Gasteiger partial charge in [0.15, 0.2) is 0 Å². The van der Waals surface area contributed by atoms with E-state index in [1.807, 2.05) is 0 Å². The molecule has 130 valence electrons. The molecule has 2 aromatic rings. The lowest BCUT2D eigenvalue weighted by Crippen LogP contribution is -2.30. The maximum absolute atomic E-state index is 12.4. The third-order valence-corrected chi connectivity index (χ3v) is 4.34. The summed E-state index contributed by atoms with van der Waals surface area (Å²) in [6.45, 7) is 1.92. The van der Waals surface area contributed by atoms with Crippen LogP contribution in [0.3, 0.4) is 0 Å². The topological polar surface area (TPSA) is 78.7 Å². The Labute approximate surface area is 149 Å². The van der Waals surface area contributed by atoms with Crippen LogP contribution in [-0.2, 0) is 16.0 Å². The second-order valence-electron chi connectivity index (χ2n) is 5.90. The van der Waals surface area contributed by atoms with Crippen LogP contribution in [0.5, 0.6) is 5.75 Å². The van der Waals surface area contributed by atoms with E-state index in [-0.39, 0.29) is 12.3 Å². The van der Waals surface area contributed by atoms with Crippen LogP contribution in [0.1, 0.15) is 24.2 Å². The summed E-state index contributed by atoms with van der Waals surface area (Å²) in [7, 11) is 0. The van der Waals surface area contributed by atoms with Gasteiger partial charge in [0.05, 0.1) is 10.8 Å². The van der Waals surface area contributed by atoms with Gasteiger partial charge in [0.2, 0.25) is 0 Å². The first kappa shape index (κ1) is 17.2. The van der Waals surface area contributed by atoms with Crippen molar-refractivity contribution in [3.8, 4) is 5.75 Å². The van der Waals surface area contributed by atoms with Crippen molar-refractivity contribution < 1.29 is 19.2 Å². The highest BCUT2D eigenvalue weighted by molar-refractivity contribution is 6.30. The molecule has 0 fully saturated rings. The van der Waals surface area contributed by atoms with Crippen LogP contribution in [0.4, 0.5) is 5.69 Å². The Kier molecular flexibility index (Phi) is 4.90. The minimum atomic E-state index is -0.590. The summed E-state index contributed by atoms with van der Waals surface area (Å²) in [5, 5.41) is 11.4. The predicted molar refractivity (Wildman–Crippen MR) is 91.7 cm³/mol. The van der Waals surface area contributed by atoms with E-state index in [1.165, 1.54) is 12.1 Å². The molecular weight excluding hydrogens is 346 g/mol. The van der Waals surface area contributed by atoms with Crippen molar-refractivity contribution in [3.05, 3.63) is 68.7 Å². The molecule has 1 aliphatic heterocycles. The smallest absolute Gasteiger partial charge is 0.313 e. The number of nitrogens with zero attached hydrogens (tertiary/aromatic N) is 1. The summed E-state index contributed by atoms with van der Waals surface area (Å²) in [6, 6.07) is 11.4. The van der Waals surface area contributed by atoms with Crippen LogP contribution in [0.25, 0.3) is 0 Å². The van der Waals surface area contributed by atoms with E-state index < -0.39 is 22.9 Å². The number of halogens is 1. The number of non-ortho nitro benzene ring substituents is 1. The van der Waals surface area contributed by atoms with E-state index in [9.17, 15) is 14.9 Å². The van der Waals surface area contributed by atoms with Crippen molar-refractivity contribution in [1.29, 1.82) is 0 Å². The Morgan fingerprint density at radius 1 is 1.36 bits per heavy atom. The molecule has 3 rings (SSSR count). The molecule has 6 nitrogen and oxygen atoms in total. The molecule has 1 heterocycles. The minimum Gasteiger partial charge on any atom is -0.492 e. The summed E-state index contributed by atoms with van der Waals surface area (Å²) < 4.78 is 11.1. The minimum absolute atomic E-state index is 0.0371. The second kappa shape index (κ2) is 7.11. The number of ether oxygens (including phenoxy) is 2. The van der Waals surface area contributed by atoms with Crippen molar-refractivity contribution in [3.63, 3.8) is 0 Å². The van der Waals surface area contributed by atoms with Crippen LogP contribution < -0.4 is 4.74 Å². The molecule has 0 unspecified atom stereocenters. The molecule has 0 amide bonds. The number of rotatable bonds is 4. The zero-order valence-corrected chi connectivity index (χ0v) is 14.2. The summed E-state index contributed by atoms with van der Waals surface area (Å²) in [4.78, 5) is 22.8. The Hall–Kier alpha value is -2.60. The van der Waals surface area contributed by atoms with Crippen LogP contribution in [0.2, 0.25) is 5.02 Å². The average Bonchev–Trinajstić information content (AvgIpc) is 2.61. The summed E-state index contributed by atoms with van der Waals surface area (Å²) in [5.74, 6) is -0.114. The molecule has 0 saturated carbocycles. The van der Waals surface area contributed by atoms with Crippen LogP contribution >= 0.6 is 11.6 Å². The van der Waals surface area contributed by atoms with E-state index >= 15 is 0 Å². The van der Waals surface area contributed by atoms with E-state index in [2.05, 4.69) is 0 Å². The SMILES string of the molecule is C[C@H](OC(=O)[C@@H]1COc2ccc(Cl)cc2C1)c1cccc([N+](=O)[O-])c1. The maximum atomic E-state index is 12.4. The zero-order valence-electron chi connectivity index (χ0n) is 13.5. The molecule has 2 aromatic carbocycles. The number of nitro groups is 1. The van der Waals surface area contributed by atoms with E-state index in [0.717, 1.165) is 11.3 Å². The van der Waals surface area contributed by atoms with Crippen molar-refractivity contribution in [1.82, 2.24) is 0 Å². The number of fused-ring (bicyclic) bond motifs is 1. The highest BCUT2D eigenvalue weighted by atomic mass is 35.5. The second-order valence-corrected chi connectivity index (χ2v) is 6.33. The normalized spacial score (nSPS) is 17.1. The molecule has 0 aromatic heterocycles. The number of carbonyl (C=O) groups is 1. The van der Waals surface area contributed by atoms with E-state index in [1.54, 1.807) is 37.3 Å². The molecule has 0 saturated heterocycles. The number of carbonyl (C=O) groups excluding carboxylic acids is 1. The van der Waals surface area contributed by atoms with E-state index in [0.29, 0.717) is 17.0 Å². The number of hydrogen-bond donors (Lipinski definition) is 0. The first-order valence-corrected chi connectivity index (χ1v) is 8.18. The van der Waals surface area contributed by atoms with Gasteiger partial charge in [-0.05, 0) is 42.7 Å². The molecule has 0 aliphatic carbocycles. The molecule has 0 radical (unpaired) electrons. The first-order chi connectivity index (χ1) is 11.9. The Morgan fingerprint density at radius 3 is 2.92 bits per heavy atom. The number of benzene rings is 2. The summed E-state index contributed by atoms with van der Waals surface area (Å²) >= 11 is 5.98. The Bertz CT molecular complexity index is 823. The molecular formula is C18H16ClNO5. The standard InChI is InChI=1S/C18H16ClNO5/c1-11(12-3-2-4-16(9-12)20(22)23)25-18(21)14-7-13-8-15(19)5-6-17(13)24-10-14/h2-6,8-9,11,14H,7,10H2,1H3/t11-,14-/m0/s1. The van der Waals surface area contributed by atoms with Crippen molar-refractivity contribution in [2.24, 2.45) is 5.92 Å². The zero-order chi connectivity index (χ0) is 18.0. The summed E-state index contributed by atoms with van der Waals surface area (Å²) in [5.41, 5.74) is 1.40. The molecule has 7 heteroatoms. The third kappa shape index (κ3) is 3.91. The van der Waals surface area contributed by atoms with Gasteiger partial charge in [0.1, 0.15) is 18.5 Å². The lowest BCUT2D eigenvalue weighted by molar-refractivity contribution is -0.385. The fraction of sp³-hybridized carbons (Fsp3) is 0.278. The van der Waals surface area contributed by atoms with Crippen LogP contribution in [0, 0.1) is 16.0 Å². The van der Waals surface area contributed by atoms with Crippen molar-refractivity contribution >= 4 is 23.3 Å². The lowest BCUT2D eigenvalue weighted by Gasteiger charge is -2.25. The highest BCUT2D eigenvalue weighted by Gasteiger charge is 2.29. The lowest BCUT2D eigenvalue weighted by atomic mass is 9.97. The monoisotopic (exact) mass is 361 g/mol. The van der Waals surface area contributed by atoms with Gasteiger partial charge in [-0.1, -0.05) is 23.7 Å². The van der Waals surface area contributed by atoms with Gasteiger partial charge in [-0.3, -0.25) is 14.9 Å². The van der Waals surface area contributed by atoms with Crippen LogP contribution in [-0.4, -0.2) is 17.5 Å². The molecule has 2 atom stereocenters. The van der Waals surface area contributed by atoms with Crippen LogP contribution in [0.15, 0.2) is 42.5 Å². The largest absolute Gasteiger partial charge is 0.492 e. The fourth-order valence-corrected chi connectivity index (χ4v) is 2.94. The first-order valence-electron chi connectivity index (χ1n) is 7.80. The number of nitro benzene ring substituents is 1. The maximum Gasteiger partial charge on any atom is 0.313 e. The number of hydrogen-bond acceptors (Lipinski definition) is 5. The fourth-order valence-electron chi connectivity index (χ4n) is 2.74. The molecule has 25 heavy (non-hydrogen) atoms. The average molecular weight is 362 g/mol. The van der Waals surface area contributed by atoms with Gasteiger partial charge in [0.25, 0.3) is 5.69 Å². The predicted octanol–water partition coefficient (Wildman–Crippen LogP) is 4.10. The Morgan fingerprint density at radius 2 is 2.16 bits per heavy atom. The van der Waals surface area contributed by atoms with Crippen molar-refractivity contribution in [2.45, 2.75) is 19.4 Å². The summed E-state index contributed by atoms with van der Waals surface area (Å²) in [6.07, 6.45) is -0.107. The van der Waals surface area contributed by atoms with Crippen molar-refractivity contribution in [2.75, 3.05) is 6.61 Å². The quantitative estimate of drug-likeness (QED) is 0.465. The molecule has 0 bridgehead atoms. The molecule has 0 spiro atoms.